The zero-order valence-electron chi connectivity index (χ0n) is 10.5. The van der Waals surface area contributed by atoms with Crippen LogP contribution in [0.15, 0.2) is 33.8 Å². The number of aromatic nitrogens is 2. The molecule has 0 fully saturated rings. The molecule has 102 valence electrons. The Balaban J connectivity index is 2.19. The minimum Gasteiger partial charge on any atom is -0.465 e. The Morgan fingerprint density at radius 1 is 1.32 bits per heavy atom. The molecule has 2 aromatic heterocycles. The molecule has 3 N–H and O–H groups in total. The van der Waals surface area contributed by atoms with E-state index in [4.69, 9.17) is 10.2 Å². The molecule has 1 atom stereocenters. The van der Waals surface area contributed by atoms with Crippen molar-refractivity contribution in [3.05, 3.63) is 36.0 Å². The van der Waals surface area contributed by atoms with Crippen molar-refractivity contribution in [2.45, 2.75) is 24.8 Å². The van der Waals surface area contributed by atoms with E-state index in [0.29, 0.717) is 5.76 Å². The zero-order valence-corrected chi connectivity index (χ0v) is 11.3. The van der Waals surface area contributed by atoms with Crippen LogP contribution in [0.3, 0.4) is 0 Å². The fourth-order valence-corrected chi connectivity index (χ4v) is 2.61. The Kier molecular flexibility index (Phi) is 3.54. The second kappa shape index (κ2) is 4.98. The van der Waals surface area contributed by atoms with E-state index >= 15 is 0 Å². The summed E-state index contributed by atoms with van der Waals surface area (Å²) in [5.41, 5.74) is 5.31. The number of furan rings is 1. The standard InChI is InChI=1S/C11H14N4O3S/c1-7-3-4-10(18-7)8(2)15-19(16,17)9-5-13-11(12)14-6-9/h3-6,8,15H,1-2H3,(H2,12,13,14). The minimum absolute atomic E-state index is 0.0219. The molecule has 0 bridgehead atoms. The molecule has 0 aliphatic heterocycles. The first kappa shape index (κ1) is 13.5. The Labute approximate surface area is 110 Å². The molecule has 0 radical (unpaired) electrons. The number of hydrogen-bond acceptors (Lipinski definition) is 6. The van der Waals surface area contributed by atoms with Crippen LogP contribution in [-0.4, -0.2) is 18.4 Å². The lowest BCUT2D eigenvalue weighted by molar-refractivity contribution is 0.441. The summed E-state index contributed by atoms with van der Waals surface area (Å²) in [5.74, 6) is 1.28. The topological polar surface area (TPSA) is 111 Å². The summed E-state index contributed by atoms with van der Waals surface area (Å²) < 4.78 is 32.0. The maximum absolute atomic E-state index is 12.1. The number of aryl methyl sites for hydroxylation is 1. The van der Waals surface area contributed by atoms with Gasteiger partial charge in [-0.05, 0) is 26.0 Å². The molecule has 1 unspecified atom stereocenters. The van der Waals surface area contributed by atoms with E-state index in [1.807, 2.05) is 0 Å². The number of nitrogens with two attached hydrogens (primary N) is 1. The fraction of sp³-hybridized carbons (Fsp3) is 0.273. The van der Waals surface area contributed by atoms with Gasteiger partial charge in [0.05, 0.1) is 18.4 Å². The van der Waals surface area contributed by atoms with Crippen LogP contribution in [0.5, 0.6) is 0 Å². The third kappa shape index (κ3) is 3.09. The number of rotatable bonds is 4. The summed E-state index contributed by atoms with van der Waals surface area (Å²) in [6, 6.07) is 3.00. The summed E-state index contributed by atoms with van der Waals surface area (Å²) in [6.45, 7) is 3.48. The van der Waals surface area contributed by atoms with E-state index in [9.17, 15) is 8.42 Å². The van der Waals surface area contributed by atoms with Gasteiger partial charge in [-0.2, -0.15) is 0 Å². The highest BCUT2D eigenvalue weighted by molar-refractivity contribution is 7.89. The SMILES string of the molecule is Cc1ccc(C(C)NS(=O)(=O)c2cnc(N)nc2)o1. The molecule has 0 saturated heterocycles. The van der Waals surface area contributed by atoms with Gasteiger partial charge in [0, 0.05) is 0 Å². The molecular formula is C11H14N4O3S. The van der Waals surface area contributed by atoms with E-state index in [1.54, 1.807) is 26.0 Å². The van der Waals surface area contributed by atoms with Gasteiger partial charge in [0.15, 0.2) is 0 Å². The number of nitrogens with zero attached hydrogens (tertiary/aromatic N) is 2. The lowest BCUT2D eigenvalue weighted by Gasteiger charge is -2.11. The van der Waals surface area contributed by atoms with E-state index < -0.39 is 16.1 Å². The van der Waals surface area contributed by atoms with Crippen molar-refractivity contribution in [2.24, 2.45) is 0 Å². The van der Waals surface area contributed by atoms with Gasteiger partial charge in [-0.15, -0.1) is 0 Å². The number of nitrogens with one attached hydrogen (secondary N) is 1. The molecule has 0 aliphatic carbocycles. The molecule has 0 amide bonds. The van der Waals surface area contributed by atoms with Gasteiger partial charge in [-0.25, -0.2) is 23.1 Å². The second-order valence-electron chi connectivity index (χ2n) is 4.07. The number of anilines is 1. The molecule has 7 nitrogen and oxygen atoms in total. The lowest BCUT2D eigenvalue weighted by atomic mass is 10.3. The van der Waals surface area contributed by atoms with Gasteiger partial charge in [0.1, 0.15) is 16.4 Å². The van der Waals surface area contributed by atoms with Crippen LogP contribution >= 0.6 is 0 Å². The van der Waals surface area contributed by atoms with Crippen LogP contribution in [-0.2, 0) is 10.0 Å². The van der Waals surface area contributed by atoms with Crippen molar-refractivity contribution in [2.75, 3.05) is 5.73 Å². The van der Waals surface area contributed by atoms with Gasteiger partial charge >= 0.3 is 0 Å². The summed E-state index contributed by atoms with van der Waals surface area (Å²) >= 11 is 0. The van der Waals surface area contributed by atoms with Crippen LogP contribution in [0, 0.1) is 6.92 Å². The predicted octanol–water partition coefficient (Wildman–Crippen LogP) is 1.000. The predicted molar refractivity (Wildman–Crippen MR) is 68.6 cm³/mol. The molecule has 2 rings (SSSR count). The molecule has 0 aromatic carbocycles. The smallest absolute Gasteiger partial charge is 0.244 e. The maximum Gasteiger partial charge on any atom is 0.244 e. The largest absolute Gasteiger partial charge is 0.465 e. The maximum atomic E-state index is 12.1. The first-order chi connectivity index (χ1) is 8.88. The first-order valence-corrected chi connectivity index (χ1v) is 7.03. The third-order valence-electron chi connectivity index (χ3n) is 2.48. The summed E-state index contributed by atoms with van der Waals surface area (Å²) in [7, 11) is -3.71. The fourth-order valence-electron chi connectivity index (χ4n) is 1.51. The minimum atomic E-state index is -3.71. The third-order valence-corrected chi connectivity index (χ3v) is 3.97. The Hall–Kier alpha value is -1.93. The molecule has 0 aliphatic rings. The lowest BCUT2D eigenvalue weighted by Crippen LogP contribution is -2.27. The van der Waals surface area contributed by atoms with E-state index in [2.05, 4.69) is 14.7 Å². The Bertz CT molecular complexity index is 664. The number of nitrogen functional groups attached to an aromatic ring is 1. The Morgan fingerprint density at radius 2 is 1.95 bits per heavy atom. The number of sulfonamides is 1. The Morgan fingerprint density at radius 3 is 2.47 bits per heavy atom. The average molecular weight is 282 g/mol. The normalized spacial score (nSPS) is 13.4. The second-order valence-corrected chi connectivity index (χ2v) is 5.78. The summed E-state index contributed by atoms with van der Waals surface area (Å²) in [5, 5.41) is 0. The van der Waals surface area contributed by atoms with Crippen molar-refractivity contribution < 1.29 is 12.8 Å². The van der Waals surface area contributed by atoms with Crippen LogP contribution in [0.1, 0.15) is 24.5 Å². The molecule has 0 spiro atoms. The summed E-state index contributed by atoms with van der Waals surface area (Å²) in [4.78, 5) is 7.26. The highest BCUT2D eigenvalue weighted by atomic mass is 32.2. The van der Waals surface area contributed by atoms with Gasteiger partial charge in [0.2, 0.25) is 16.0 Å². The van der Waals surface area contributed by atoms with E-state index in [0.717, 1.165) is 18.2 Å². The van der Waals surface area contributed by atoms with Crippen LogP contribution in [0.2, 0.25) is 0 Å². The molecular weight excluding hydrogens is 268 g/mol. The highest BCUT2D eigenvalue weighted by Crippen LogP contribution is 2.18. The van der Waals surface area contributed by atoms with Crippen molar-refractivity contribution in [3.8, 4) is 0 Å². The van der Waals surface area contributed by atoms with Crippen molar-refractivity contribution in [1.82, 2.24) is 14.7 Å². The van der Waals surface area contributed by atoms with Crippen molar-refractivity contribution >= 4 is 16.0 Å². The monoisotopic (exact) mass is 282 g/mol. The molecule has 2 aromatic rings. The van der Waals surface area contributed by atoms with Crippen molar-refractivity contribution in [1.29, 1.82) is 0 Å². The van der Waals surface area contributed by atoms with Crippen LogP contribution in [0.25, 0.3) is 0 Å². The van der Waals surface area contributed by atoms with Crippen LogP contribution < -0.4 is 10.5 Å². The van der Waals surface area contributed by atoms with Crippen molar-refractivity contribution in [3.63, 3.8) is 0 Å². The number of hydrogen-bond donors (Lipinski definition) is 2. The average Bonchev–Trinajstić information content (AvgIpc) is 2.76. The quantitative estimate of drug-likeness (QED) is 0.865. The van der Waals surface area contributed by atoms with Crippen LogP contribution in [0.4, 0.5) is 5.95 Å². The summed E-state index contributed by atoms with van der Waals surface area (Å²) in [6.07, 6.45) is 2.32. The van der Waals surface area contributed by atoms with Gasteiger partial charge < -0.3 is 10.2 Å². The van der Waals surface area contributed by atoms with Gasteiger partial charge in [0.25, 0.3) is 0 Å². The molecule has 19 heavy (non-hydrogen) atoms. The van der Waals surface area contributed by atoms with Gasteiger partial charge in [-0.1, -0.05) is 0 Å². The molecule has 8 heteroatoms. The van der Waals surface area contributed by atoms with E-state index in [-0.39, 0.29) is 10.8 Å². The highest BCUT2D eigenvalue weighted by Gasteiger charge is 2.20. The zero-order chi connectivity index (χ0) is 14.0. The van der Waals surface area contributed by atoms with Gasteiger partial charge in [-0.3, -0.25) is 0 Å². The first-order valence-electron chi connectivity index (χ1n) is 5.54. The molecule has 2 heterocycles. The van der Waals surface area contributed by atoms with E-state index in [1.165, 1.54) is 0 Å². The molecule has 0 saturated carbocycles.